The molecule has 3 aliphatic carbocycles. The van der Waals surface area contributed by atoms with E-state index < -0.39 is 0 Å². The fourth-order valence-electron chi connectivity index (χ4n) is 11.1. The second-order valence-corrected chi connectivity index (χ2v) is 21.9. The molecular weight excluding hydrogens is 931 g/mol. The molecule has 6 aromatic rings. The van der Waals surface area contributed by atoms with Crippen molar-refractivity contribution in [1.82, 2.24) is 4.98 Å². The molecule has 1 aromatic heterocycles. The van der Waals surface area contributed by atoms with Gasteiger partial charge in [0.25, 0.3) is 0 Å². The van der Waals surface area contributed by atoms with Crippen molar-refractivity contribution in [3.05, 3.63) is 120 Å². The van der Waals surface area contributed by atoms with Crippen LogP contribution in [0.4, 0.5) is 5.13 Å². The van der Waals surface area contributed by atoms with Gasteiger partial charge in [0.05, 0.1) is 67.2 Å². The van der Waals surface area contributed by atoms with E-state index in [1.807, 2.05) is 6.92 Å². The van der Waals surface area contributed by atoms with E-state index >= 15 is 0 Å². The molecule has 0 spiro atoms. The lowest BCUT2D eigenvalue weighted by atomic mass is 9.81. The summed E-state index contributed by atoms with van der Waals surface area (Å²) in [6, 6.07) is 37.4. The number of fused-ring (bicyclic) bond motifs is 3. The highest BCUT2D eigenvalue weighted by Crippen LogP contribution is 2.40. The van der Waals surface area contributed by atoms with Gasteiger partial charge >= 0.3 is 5.97 Å². The molecule has 2 heterocycles. The first kappa shape index (κ1) is 51.2. The number of thiazole rings is 1. The molecule has 3 saturated carbocycles. The number of hydrogen-bond donors (Lipinski definition) is 0. The van der Waals surface area contributed by atoms with Crippen LogP contribution >= 0.6 is 11.3 Å². The molecule has 0 radical (unpaired) electrons. The first-order chi connectivity index (χ1) is 36.0. The van der Waals surface area contributed by atoms with E-state index in [1.165, 1.54) is 58.7 Å². The number of carbonyl (C=O) groups excluding carboxylic acids is 1. The van der Waals surface area contributed by atoms with Gasteiger partial charge in [-0.2, -0.15) is 5.10 Å². The molecule has 3 unspecified atom stereocenters. The summed E-state index contributed by atoms with van der Waals surface area (Å²) in [7, 11) is 0. The average Bonchev–Trinajstić information content (AvgIpc) is 4.09. The molecule has 4 aliphatic rings. The van der Waals surface area contributed by atoms with Crippen LogP contribution < -0.4 is 14.5 Å². The lowest BCUT2D eigenvalue weighted by Crippen LogP contribution is -2.32. The zero-order valence-electron chi connectivity index (χ0n) is 42.9. The molecule has 0 amide bonds. The third-order valence-corrected chi connectivity index (χ3v) is 16.5. The van der Waals surface area contributed by atoms with Crippen LogP contribution in [0.5, 0.6) is 11.5 Å². The maximum Gasteiger partial charge on any atom is 0.305 e. The molecule has 0 bridgehead atoms. The summed E-state index contributed by atoms with van der Waals surface area (Å²) >= 11 is 1.74. The van der Waals surface area contributed by atoms with E-state index in [-0.39, 0.29) is 12.1 Å². The molecule has 0 N–H and O–H groups in total. The Labute approximate surface area is 436 Å². The number of hydrazone groups is 1. The first-order valence-corrected chi connectivity index (χ1v) is 28.5. The van der Waals surface area contributed by atoms with Crippen LogP contribution in [0.25, 0.3) is 32.1 Å². The maximum absolute atomic E-state index is 11.4. The van der Waals surface area contributed by atoms with Crippen LogP contribution in [-0.4, -0.2) is 74.6 Å². The van der Waals surface area contributed by atoms with Crippen LogP contribution in [0, 0.1) is 5.92 Å². The van der Waals surface area contributed by atoms with E-state index in [0.717, 1.165) is 129 Å². The molecule has 5 aromatic carbocycles. The number of esters is 1. The van der Waals surface area contributed by atoms with Crippen LogP contribution in [-0.2, 0) is 30.3 Å². The van der Waals surface area contributed by atoms with Crippen LogP contribution in [0.1, 0.15) is 145 Å². The van der Waals surface area contributed by atoms with E-state index in [1.54, 1.807) is 11.3 Å². The molecule has 1 aliphatic heterocycles. The molecule has 3 atom stereocenters. The summed E-state index contributed by atoms with van der Waals surface area (Å²) in [5.41, 5.74) is 7.01. The lowest BCUT2D eigenvalue weighted by molar-refractivity contribution is -0.143. The van der Waals surface area contributed by atoms with Gasteiger partial charge in [-0.15, -0.1) is 0 Å². The highest BCUT2D eigenvalue weighted by atomic mass is 32.1. The average molecular weight is 1010 g/mol. The Morgan fingerprint density at radius 3 is 2.36 bits per heavy atom. The SMILES string of the molecule is CCC(=O)OCCCCCCOc1ccc(-c2ccc(C3CCC(OCc4ccc5cc(OCCCOCC6CCC7OC7C6)ccc5c4)CC3)cc2/C=N/N(c2nc3ccccc3s2)C2CCCCC2)cc1. The molecule has 1 saturated heterocycles. The monoisotopic (exact) mass is 1010 g/mol. The van der Waals surface area contributed by atoms with Gasteiger partial charge in [0.1, 0.15) is 11.5 Å². The van der Waals surface area contributed by atoms with Gasteiger partial charge in [0, 0.05) is 31.6 Å². The molecular formula is C62H75N3O7S. The smallest absolute Gasteiger partial charge is 0.305 e. The normalized spacial score (nSPS) is 21.1. The zero-order valence-corrected chi connectivity index (χ0v) is 43.8. The number of rotatable bonds is 25. The minimum atomic E-state index is -0.127. The van der Waals surface area contributed by atoms with Crippen molar-refractivity contribution in [1.29, 1.82) is 0 Å². The number of carbonyl (C=O) groups is 1. The fraction of sp³-hybridized carbons (Fsp3) is 0.500. The van der Waals surface area contributed by atoms with Gasteiger partial charge in [-0.25, -0.2) is 9.99 Å². The van der Waals surface area contributed by atoms with Gasteiger partial charge in [-0.1, -0.05) is 92.1 Å². The Hall–Kier alpha value is -5.33. The van der Waals surface area contributed by atoms with Gasteiger partial charge in [0.15, 0.2) is 0 Å². The number of anilines is 1. The predicted octanol–water partition coefficient (Wildman–Crippen LogP) is 14.8. The van der Waals surface area contributed by atoms with Gasteiger partial charge in [-0.3, -0.25) is 4.79 Å². The summed E-state index contributed by atoms with van der Waals surface area (Å²) in [6.45, 7) is 5.83. The largest absolute Gasteiger partial charge is 0.494 e. The standard InChI is InChI=1S/C62H75N3O7S/c1-2-61(66)70-35-11-4-3-10-34-68-53-28-22-47(23-29-53)56-31-25-49(39-51(56)41-63-65(52-13-6-5-7-14-52)62-64-57-15-8-9-16-60(57)73-62)46-20-26-54(27-21-46)71-43-44-17-19-50-40-55(30-24-48(50)37-44)69-36-12-33-67-42-45-18-32-58-59(38-45)72-58/h8-9,15-17,19,22-25,28-31,37,39-41,45-46,52,54,58-59H,2-7,10-14,18,20-21,26-27,32-36,38,42-43H2,1H3/b63-41+. The van der Waals surface area contributed by atoms with Crippen molar-refractivity contribution >= 4 is 49.6 Å². The fourth-order valence-corrected chi connectivity index (χ4v) is 12.1. The van der Waals surface area contributed by atoms with Gasteiger partial charge in [-0.05, 0) is 177 Å². The second kappa shape index (κ2) is 25.7. The molecule has 73 heavy (non-hydrogen) atoms. The van der Waals surface area contributed by atoms with Crippen molar-refractivity contribution in [2.24, 2.45) is 11.0 Å². The Bertz CT molecular complexity index is 2690. The minimum Gasteiger partial charge on any atom is -0.494 e. The Morgan fingerprint density at radius 2 is 1.52 bits per heavy atom. The second-order valence-electron chi connectivity index (χ2n) is 20.8. The zero-order chi connectivity index (χ0) is 49.6. The van der Waals surface area contributed by atoms with Crippen molar-refractivity contribution in [2.75, 3.05) is 38.0 Å². The molecule has 4 fully saturated rings. The van der Waals surface area contributed by atoms with E-state index in [2.05, 4.69) is 114 Å². The van der Waals surface area contributed by atoms with Crippen molar-refractivity contribution < 1.29 is 33.2 Å². The van der Waals surface area contributed by atoms with Crippen LogP contribution in [0.15, 0.2) is 108 Å². The number of aromatic nitrogens is 1. The number of ether oxygens (including phenoxy) is 6. The summed E-state index contributed by atoms with van der Waals surface area (Å²) in [4.78, 5) is 16.5. The molecule has 10 rings (SSSR count). The van der Waals surface area contributed by atoms with Crippen LogP contribution in [0.2, 0.25) is 0 Å². The summed E-state index contributed by atoms with van der Waals surface area (Å²) in [6.07, 6.45) is 22.4. The van der Waals surface area contributed by atoms with Gasteiger partial charge in [0.2, 0.25) is 5.13 Å². The number of unbranched alkanes of at least 4 members (excludes halogenated alkanes) is 3. The summed E-state index contributed by atoms with van der Waals surface area (Å²) in [5, 5.41) is 10.9. The minimum absolute atomic E-state index is 0.127. The molecule has 11 heteroatoms. The van der Waals surface area contributed by atoms with E-state index in [4.69, 9.17) is 38.5 Å². The maximum atomic E-state index is 11.4. The highest BCUT2D eigenvalue weighted by molar-refractivity contribution is 7.22. The third kappa shape index (κ3) is 14.3. The lowest BCUT2D eigenvalue weighted by Gasteiger charge is -2.30. The third-order valence-electron chi connectivity index (χ3n) is 15.5. The van der Waals surface area contributed by atoms with Crippen molar-refractivity contribution in [2.45, 2.75) is 159 Å². The number of benzene rings is 5. The highest BCUT2D eigenvalue weighted by Gasteiger charge is 2.43. The number of para-hydroxylation sites is 1. The number of epoxide rings is 1. The van der Waals surface area contributed by atoms with Crippen molar-refractivity contribution in [3.8, 4) is 22.6 Å². The summed E-state index contributed by atoms with van der Waals surface area (Å²) in [5.74, 6) is 2.75. The Kier molecular flexibility index (Phi) is 18.0. The Balaban J connectivity index is 0.750. The molecule has 10 nitrogen and oxygen atoms in total. The molecule has 386 valence electrons. The topological polar surface area (TPSA) is 104 Å². The van der Waals surface area contributed by atoms with E-state index in [9.17, 15) is 4.79 Å². The predicted molar refractivity (Wildman–Crippen MR) is 294 cm³/mol. The van der Waals surface area contributed by atoms with Crippen molar-refractivity contribution in [3.63, 3.8) is 0 Å². The number of nitrogens with zero attached hydrogens (tertiary/aromatic N) is 3. The number of hydrogen-bond acceptors (Lipinski definition) is 11. The van der Waals surface area contributed by atoms with Crippen LogP contribution in [0.3, 0.4) is 0 Å². The summed E-state index contributed by atoms with van der Waals surface area (Å²) < 4.78 is 37.0. The first-order valence-electron chi connectivity index (χ1n) is 27.7. The Morgan fingerprint density at radius 1 is 0.740 bits per heavy atom. The van der Waals surface area contributed by atoms with Gasteiger partial charge < -0.3 is 28.4 Å². The van der Waals surface area contributed by atoms with E-state index in [0.29, 0.717) is 62.9 Å². The quantitative estimate of drug-likeness (QED) is 0.0182.